The summed E-state index contributed by atoms with van der Waals surface area (Å²) in [5.41, 5.74) is 1.03. The Morgan fingerprint density at radius 2 is 1.85 bits per heavy atom. The van der Waals surface area contributed by atoms with Crippen molar-refractivity contribution in [2.75, 3.05) is 0 Å². The summed E-state index contributed by atoms with van der Waals surface area (Å²) in [5, 5.41) is 13.1. The monoisotopic (exact) mass is 411 g/mol. The molecule has 3 aliphatic rings. The van der Waals surface area contributed by atoms with Crippen molar-refractivity contribution >= 4 is 40.8 Å². The minimum Gasteiger partial charge on any atom is -0.470 e. The van der Waals surface area contributed by atoms with Gasteiger partial charge in [-0.1, -0.05) is 43.0 Å². The lowest BCUT2D eigenvalue weighted by Crippen LogP contribution is -2.31. The van der Waals surface area contributed by atoms with E-state index in [9.17, 15) is 19.5 Å². The maximum Gasteiger partial charge on any atom is 0.298 e. The van der Waals surface area contributed by atoms with E-state index in [0.29, 0.717) is 17.9 Å². The van der Waals surface area contributed by atoms with Crippen molar-refractivity contribution in [1.82, 2.24) is 5.32 Å². The summed E-state index contributed by atoms with van der Waals surface area (Å²) >= 11 is 12.7. The molecular formula is C19H19Cl2NO5. The van der Waals surface area contributed by atoms with Gasteiger partial charge in [0.15, 0.2) is 0 Å². The molecule has 3 atom stereocenters. The van der Waals surface area contributed by atoms with Crippen LogP contribution in [0.2, 0.25) is 10.0 Å². The molecule has 2 amide bonds. The Hall–Kier alpha value is -1.63. The summed E-state index contributed by atoms with van der Waals surface area (Å²) in [5.74, 6) is -2.35. The van der Waals surface area contributed by atoms with Crippen LogP contribution in [-0.2, 0) is 20.8 Å². The number of carbonyl (C=O) groups is 3. The van der Waals surface area contributed by atoms with E-state index < -0.39 is 29.8 Å². The van der Waals surface area contributed by atoms with Gasteiger partial charge in [-0.25, -0.2) is 0 Å². The summed E-state index contributed by atoms with van der Waals surface area (Å²) in [6.45, 7) is 2.06. The van der Waals surface area contributed by atoms with Crippen LogP contribution in [0.5, 0.6) is 5.75 Å². The van der Waals surface area contributed by atoms with Crippen molar-refractivity contribution in [2.24, 2.45) is 11.3 Å². The van der Waals surface area contributed by atoms with Crippen LogP contribution < -0.4 is 10.1 Å². The number of ether oxygens (including phenoxy) is 1. The van der Waals surface area contributed by atoms with E-state index in [1.54, 1.807) is 6.07 Å². The van der Waals surface area contributed by atoms with E-state index in [4.69, 9.17) is 27.9 Å². The molecule has 4 rings (SSSR count). The van der Waals surface area contributed by atoms with Crippen LogP contribution in [0.15, 0.2) is 6.07 Å². The Labute approximate surface area is 166 Å². The SMILES string of the molecule is CC1(C2CCCC2)Cc2cc(OC3C(=O)NC(=O)C3=O)c(Cl)c(Cl)c2C1O. The fourth-order valence-electron chi connectivity index (χ4n) is 4.70. The van der Waals surface area contributed by atoms with E-state index in [1.165, 1.54) is 0 Å². The lowest BCUT2D eigenvalue weighted by molar-refractivity contribution is -0.138. The molecule has 0 aromatic heterocycles. The highest BCUT2D eigenvalue weighted by Crippen LogP contribution is 2.58. The molecular weight excluding hydrogens is 393 g/mol. The summed E-state index contributed by atoms with van der Waals surface area (Å²) in [7, 11) is 0. The van der Waals surface area contributed by atoms with Crippen molar-refractivity contribution in [3.8, 4) is 5.75 Å². The highest BCUT2D eigenvalue weighted by molar-refractivity contribution is 6.49. The average Bonchev–Trinajstić information content (AvgIpc) is 3.29. The van der Waals surface area contributed by atoms with Gasteiger partial charge >= 0.3 is 0 Å². The zero-order valence-electron chi connectivity index (χ0n) is 14.7. The van der Waals surface area contributed by atoms with Gasteiger partial charge in [0, 0.05) is 11.0 Å². The molecule has 0 spiro atoms. The minimum atomic E-state index is -1.57. The number of hydrogen-bond acceptors (Lipinski definition) is 5. The topological polar surface area (TPSA) is 92.7 Å². The maximum absolute atomic E-state index is 11.8. The molecule has 0 radical (unpaired) electrons. The second-order valence-corrected chi connectivity index (χ2v) is 8.58. The molecule has 1 aromatic rings. The normalized spacial score (nSPS) is 30.7. The van der Waals surface area contributed by atoms with E-state index in [2.05, 4.69) is 6.92 Å². The number of halogens is 2. The second-order valence-electron chi connectivity index (χ2n) is 7.82. The fraction of sp³-hybridized carbons (Fsp3) is 0.526. The van der Waals surface area contributed by atoms with Crippen LogP contribution in [0.25, 0.3) is 0 Å². The number of carbonyl (C=O) groups excluding carboxylic acids is 3. The molecule has 1 heterocycles. The van der Waals surface area contributed by atoms with Crippen LogP contribution in [0.1, 0.15) is 49.8 Å². The second kappa shape index (κ2) is 6.47. The van der Waals surface area contributed by atoms with Gasteiger partial charge in [-0.05, 0) is 36.8 Å². The molecule has 144 valence electrons. The number of Topliss-reactive ketones (excluding diaryl/α,β-unsaturated/α-hetero) is 1. The van der Waals surface area contributed by atoms with Gasteiger partial charge in [-0.2, -0.15) is 0 Å². The number of ketones is 1. The molecule has 6 nitrogen and oxygen atoms in total. The van der Waals surface area contributed by atoms with Crippen LogP contribution in [-0.4, -0.2) is 28.8 Å². The van der Waals surface area contributed by atoms with Crippen molar-refractivity contribution in [3.63, 3.8) is 0 Å². The van der Waals surface area contributed by atoms with Gasteiger partial charge in [0.05, 0.1) is 11.1 Å². The predicted molar refractivity (Wildman–Crippen MR) is 97.8 cm³/mol. The third-order valence-electron chi connectivity index (χ3n) is 6.24. The first kappa shape index (κ1) is 18.7. The molecule has 1 aromatic carbocycles. The quantitative estimate of drug-likeness (QED) is 0.453. The molecule has 2 N–H and O–H groups in total. The first-order valence-electron chi connectivity index (χ1n) is 8.98. The number of aliphatic hydroxyl groups is 1. The zero-order chi connectivity index (χ0) is 19.5. The van der Waals surface area contributed by atoms with Crippen LogP contribution in [0.4, 0.5) is 0 Å². The molecule has 0 bridgehead atoms. The number of amides is 2. The van der Waals surface area contributed by atoms with Gasteiger partial charge in [0.25, 0.3) is 17.6 Å². The lowest BCUT2D eigenvalue weighted by Gasteiger charge is -2.35. The molecule has 2 aliphatic carbocycles. The molecule has 27 heavy (non-hydrogen) atoms. The molecule has 8 heteroatoms. The highest BCUT2D eigenvalue weighted by atomic mass is 35.5. The number of benzene rings is 1. The third kappa shape index (κ3) is 2.77. The van der Waals surface area contributed by atoms with Gasteiger partial charge in [0.2, 0.25) is 6.10 Å². The van der Waals surface area contributed by atoms with Crippen molar-refractivity contribution in [3.05, 3.63) is 27.2 Å². The average molecular weight is 412 g/mol. The smallest absolute Gasteiger partial charge is 0.298 e. The largest absolute Gasteiger partial charge is 0.470 e. The first-order chi connectivity index (χ1) is 12.7. The lowest BCUT2D eigenvalue weighted by atomic mass is 9.72. The Kier molecular flexibility index (Phi) is 4.48. The van der Waals surface area contributed by atoms with Gasteiger partial charge in [-0.15, -0.1) is 0 Å². The molecule has 3 unspecified atom stereocenters. The maximum atomic E-state index is 11.8. The van der Waals surface area contributed by atoms with Crippen LogP contribution in [0, 0.1) is 11.3 Å². The van der Waals surface area contributed by atoms with Gasteiger partial charge in [-0.3, -0.25) is 19.7 Å². The summed E-state index contributed by atoms with van der Waals surface area (Å²) in [6, 6.07) is 1.62. The van der Waals surface area contributed by atoms with Gasteiger partial charge < -0.3 is 9.84 Å². The number of rotatable bonds is 3. The zero-order valence-corrected chi connectivity index (χ0v) is 16.2. The summed E-state index contributed by atoms with van der Waals surface area (Å²) in [6.07, 6.45) is 2.72. The van der Waals surface area contributed by atoms with E-state index in [1.807, 2.05) is 5.32 Å². The van der Waals surface area contributed by atoms with Crippen LogP contribution in [0.3, 0.4) is 0 Å². The number of fused-ring (bicyclic) bond motifs is 1. The predicted octanol–water partition coefficient (Wildman–Crippen LogP) is 2.75. The number of nitrogens with one attached hydrogen (secondary N) is 1. The Morgan fingerprint density at radius 1 is 1.19 bits per heavy atom. The van der Waals surface area contributed by atoms with E-state index in [-0.39, 0.29) is 21.2 Å². The van der Waals surface area contributed by atoms with Crippen molar-refractivity contribution in [1.29, 1.82) is 0 Å². The molecule has 1 saturated heterocycles. The fourth-order valence-corrected chi connectivity index (χ4v) is 5.21. The summed E-state index contributed by atoms with van der Waals surface area (Å²) in [4.78, 5) is 34.9. The van der Waals surface area contributed by atoms with Crippen LogP contribution >= 0.6 is 23.2 Å². The van der Waals surface area contributed by atoms with E-state index in [0.717, 1.165) is 31.2 Å². The van der Waals surface area contributed by atoms with Gasteiger partial charge in [0.1, 0.15) is 10.8 Å². The van der Waals surface area contributed by atoms with E-state index >= 15 is 0 Å². The standard InChI is InChI=1S/C19H19Cl2NO5/c1-19(9-4-2-3-5-9)7-8-6-10(12(20)13(21)11(8)16(19)24)27-15-14(23)17(25)22-18(15)26/h6,9,15-16,24H,2-5,7H2,1H3,(H,22,25,26). The number of aliphatic hydroxyl groups excluding tert-OH is 1. The molecule has 2 fully saturated rings. The first-order valence-corrected chi connectivity index (χ1v) is 9.74. The third-order valence-corrected chi connectivity index (χ3v) is 7.10. The summed E-state index contributed by atoms with van der Waals surface area (Å²) < 4.78 is 5.46. The molecule has 1 aliphatic heterocycles. The Balaban J connectivity index is 1.69. The Bertz CT molecular complexity index is 864. The number of imide groups is 1. The van der Waals surface area contributed by atoms with Crippen molar-refractivity contribution < 1.29 is 24.2 Å². The van der Waals surface area contributed by atoms with Crippen molar-refractivity contribution in [2.45, 2.75) is 51.2 Å². The highest BCUT2D eigenvalue weighted by Gasteiger charge is 2.49. The number of hydrogen-bond donors (Lipinski definition) is 2. The molecule has 1 saturated carbocycles. The Morgan fingerprint density at radius 3 is 2.44 bits per heavy atom. The minimum absolute atomic E-state index is 0.0186.